The van der Waals surface area contributed by atoms with E-state index in [9.17, 15) is 9.59 Å². The van der Waals surface area contributed by atoms with E-state index in [4.69, 9.17) is 0 Å². The van der Waals surface area contributed by atoms with Gasteiger partial charge in [0.2, 0.25) is 11.8 Å². The maximum absolute atomic E-state index is 13.4. The van der Waals surface area contributed by atoms with Gasteiger partial charge in [-0.25, -0.2) is 0 Å². The highest BCUT2D eigenvalue weighted by molar-refractivity contribution is 7.10. The van der Waals surface area contributed by atoms with Crippen LogP contribution in [0.3, 0.4) is 0 Å². The van der Waals surface area contributed by atoms with Crippen molar-refractivity contribution in [1.82, 2.24) is 9.80 Å². The van der Waals surface area contributed by atoms with Crippen molar-refractivity contribution >= 4 is 23.2 Å². The van der Waals surface area contributed by atoms with Crippen LogP contribution in [-0.4, -0.2) is 41.2 Å². The lowest BCUT2D eigenvalue weighted by atomic mass is 9.93. The summed E-state index contributed by atoms with van der Waals surface area (Å²) < 4.78 is 0. The third-order valence-electron chi connectivity index (χ3n) is 5.12. The average Bonchev–Trinajstić information content (AvgIpc) is 3.15. The third kappa shape index (κ3) is 4.46. The number of nitrogens with zero attached hydrogens (tertiary/aromatic N) is 2. The van der Waals surface area contributed by atoms with E-state index in [1.165, 1.54) is 10.4 Å². The summed E-state index contributed by atoms with van der Waals surface area (Å²) in [7, 11) is 0. The van der Waals surface area contributed by atoms with E-state index in [0.29, 0.717) is 19.0 Å². The normalized spacial score (nSPS) is 16.4. The lowest BCUT2D eigenvalue weighted by Gasteiger charge is -2.38. The van der Waals surface area contributed by atoms with Crippen LogP contribution in [0.2, 0.25) is 0 Å². The largest absolute Gasteiger partial charge is 0.333 e. The Balaban J connectivity index is 1.87. The Kier molecular flexibility index (Phi) is 6.55. The number of hydrogen-bond donors (Lipinski definition) is 0. The second-order valence-corrected chi connectivity index (χ2v) is 9.22. The molecule has 0 bridgehead atoms. The summed E-state index contributed by atoms with van der Waals surface area (Å²) in [4.78, 5) is 31.1. The molecule has 1 atom stereocenters. The molecule has 1 aliphatic heterocycles. The molecule has 0 saturated carbocycles. The van der Waals surface area contributed by atoms with Crippen LogP contribution < -0.4 is 0 Å². The topological polar surface area (TPSA) is 40.6 Å². The Bertz CT molecular complexity index is 813. The SMILES string of the molecule is CC(C)CN(CC(=O)N1CCc2sccc2[C@H]1c1ccccc1)C(=O)C(C)C. The number of amides is 2. The van der Waals surface area contributed by atoms with Crippen molar-refractivity contribution in [2.75, 3.05) is 19.6 Å². The maximum Gasteiger partial charge on any atom is 0.242 e. The van der Waals surface area contributed by atoms with E-state index in [-0.39, 0.29) is 30.3 Å². The number of rotatable bonds is 6. The van der Waals surface area contributed by atoms with Gasteiger partial charge < -0.3 is 9.80 Å². The number of carbonyl (C=O) groups excluding carboxylic acids is 2. The summed E-state index contributed by atoms with van der Waals surface area (Å²) >= 11 is 1.77. The highest BCUT2D eigenvalue weighted by Gasteiger charge is 2.34. The van der Waals surface area contributed by atoms with Gasteiger partial charge in [-0.3, -0.25) is 9.59 Å². The maximum atomic E-state index is 13.4. The first-order chi connectivity index (χ1) is 13.4. The summed E-state index contributed by atoms with van der Waals surface area (Å²) in [5.41, 5.74) is 2.35. The minimum Gasteiger partial charge on any atom is -0.333 e. The summed E-state index contributed by atoms with van der Waals surface area (Å²) in [6.45, 7) is 9.40. The lowest BCUT2D eigenvalue weighted by molar-refractivity contribution is -0.143. The monoisotopic (exact) mass is 398 g/mol. The van der Waals surface area contributed by atoms with E-state index in [2.05, 4.69) is 37.4 Å². The number of thiophene rings is 1. The molecule has 3 rings (SSSR count). The molecule has 0 radical (unpaired) electrons. The van der Waals surface area contributed by atoms with Gasteiger partial charge in [0.25, 0.3) is 0 Å². The zero-order valence-corrected chi connectivity index (χ0v) is 18.0. The summed E-state index contributed by atoms with van der Waals surface area (Å²) in [6, 6.07) is 12.3. The van der Waals surface area contributed by atoms with Crippen LogP contribution in [0.25, 0.3) is 0 Å². The predicted octanol–water partition coefficient (Wildman–Crippen LogP) is 4.36. The van der Waals surface area contributed by atoms with Gasteiger partial charge in [0.05, 0.1) is 12.6 Å². The van der Waals surface area contributed by atoms with Crippen molar-refractivity contribution < 1.29 is 9.59 Å². The van der Waals surface area contributed by atoms with Gasteiger partial charge >= 0.3 is 0 Å². The van der Waals surface area contributed by atoms with E-state index in [0.717, 1.165) is 12.0 Å². The van der Waals surface area contributed by atoms with Crippen molar-refractivity contribution in [2.24, 2.45) is 11.8 Å². The predicted molar refractivity (Wildman–Crippen MR) is 114 cm³/mol. The van der Waals surface area contributed by atoms with E-state index < -0.39 is 0 Å². The van der Waals surface area contributed by atoms with Crippen LogP contribution in [0.5, 0.6) is 0 Å². The standard InChI is InChI=1S/C23H30N2O2S/c1-16(2)14-24(23(27)17(3)4)15-21(26)25-12-10-20-19(11-13-28-20)22(25)18-8-6-5-7-9-18/h5-9,11,13,16-17,22H,10,12,14-15H2,1-4H3/t22-/m1/s1. The van der Waals surface area contributed by atoms with Gasteiger partial charge in [-0.15, -0.1) is 11.3 Å². The second kappa shape index (κ2) is 8.91. The molecule has 1 aromatic carbocycles. The van der Waals surface area contributed by atoms with Crippen molar-refractivity contribution in [3.63, 3.8) is 0 Å². The third-order valence-corrected chi connectivity index (χ3v) is 6.12. The van der Waals surface area contributed by atoms with Gasteiger partial charge in [-0.05, 0) is 34.9 Å². The molecule has 0 N–H and O–H groups in total. The molecule has 5 heteroatoms. The summed E-state index contributed by atoms with van der Waals surface area (Å²) in [5, 5.41) is 2.11. The molecule has 0 fully saturated rings. The number of fused-ring (bicyclic) bond motifs is 1. The molecule has 150 valence electrons. The Morgan fingerprint density at radius 3 is 2.50 bits per heavy atom. The number of hydrogen-bond acceptors (Lipinski definition) is 3. The molecule has 0 aliphatic carbocycles. The summed E-state index contributed by atoms with van der Waals surface area (Å²) in [6.07, 6.45) is 0.879. The first-order valence-electron chi connectivity index (χ1n) is 10.1. The fraction of sp³-hybridized carbons (Fsp3) is 0.478. The van der Waals surface area contributed by atoms with Gasteiger partial charge in [0, 0.05) is 23.9 Å². The van der Waals surface area contributed by atoms with Gasteiger partial charge in [-0.2, -0.15) is 0 Å². The zero-order valence-electron chi connectivity index (χ0n) is 17.2. The Morgan fingerprint density at radius 2 is 1.86 bits per heavy atom. The smallest absolute Gasteiger partial charge is 0.242 e. The average molecular weight is 399 g/mol. The summed E-state index contributed by atoms with van der Waals surface area (Å²) in [5.74, 6) is 0.290. The molecule has 0 saturated heterocycles. The molecule has 2 aromatic rings. The quantitative estimate of drug-likeness (QED) is 0.725. The Labute approximate surface area is 172 Å². The molecule has 1 aliphatic rings. The molecule has 1 aromatic heterocycles. The van der Waals surface area contributed by atoms with Crippen LogP contribution in [0.4, 0.5) is 0 Å². The molecule has 4 nitrogen and oxygen atoms in total. The fourth-order valence-corrected chi connectivity index (χ4v) is 4.78. The van der Waals surface area contributed by atoms with Crippen molar-refractivity contribution in [3.05, 3.63) is 57.8 Å². The fourth-order valence-electron chi connectivity index (χ4n) is 3.87. The van der Waals surface area contributed by atoms with E-state index in [1.54, 1.807) is 16.2 Å². The van der Waals surface area contributed by atoms with Crippen LogP contribution in [0.1, 0.15) is 49.7 Å². The minimum atomic E-state index is -0.110. The van der Waals surface area contributed by atoms with Crippen LogP contribution >= 0.6 is 11.3 Å². The highest BCUT2D eigenvalue weighted by Crippen LogP contribution is 2.37. The first kappa shape index (κ1) is 20.6. The second-order valence-electron chi connectivity index (χ2n) is 8.22. The molecule has 0 unspecified atom stereocenters. The van der Waals surface area contributed by atoms with Gasteiger partial charge in [0.1, 0.15) is 0 Å². The van der Waals surface area contributed by atoms with Crippen LogP contribution in [-0.2, 0) is 16.0 Å². The van der Waals surface area contributed by atoms with Crippen molar-refractivity contribution in [2.45, 2.75) is 40.2 Å². The minimum absolute atomic E-state index is 0.0281. The van der Waals surface area contributed by atoms with E-state index in [1.807, 2.05) is 36.9 Å². The van der Waals surface area contributed by atoms with Crippen LogP contribution in [0.15, 0.2) is 41.8 Å². The zero-order chi connectivity index (χ0) is 20.3. The number of carbonyl (C=O) groups is 2. The molecular weight excluding hydrogens is 368 g/mol. The highest BCUT2D eigenvalue weighted by atomic mass is 32.1. The Hall–Kier alpha value is -2.14. The van der Waals surface area contributed by atoms with Gasteiger partial charge in [-0.1, -0.05) is 58.0 Å². The van der Waals surface area contributed by atoms with Crippen molar-refractivity contribution in [3.8, 4) is 0 Å². The number of benzene rings is 1. The first-order valence-corrected chi connectivity index (χ1v) is 11.0. The Morgan fingerprint density at radius 1 is 1.14 bits per heavy atom. The molecule has 0 spiro atoms. The van der Waals surface area contributed by atoms with Crippen molar-refractivity contribution in [1.29, 1.82) is 0 Å². The molecular formula is C23H30N2O2S. The lowest BCUT2D eigenvalue weighted by Crippen LogP contribution is -2.48. The molecule has 28 heavy (non-hydrogen) atoms. The molecule has 2 amide bonds. The molecule has 2 heterocycles. The van der Waals surface area contributed by atoms with E-state index >= 15 is 0 Å². The van der Waals surface area contributed by atoms with Crippen LogP contribution in [0, 0.1) is 11.8 Å². The van der Waals surface area contributed by atoms with Gasteiger partial charge in [0.15, 0.2) is 0 Å².